The molecule has 1 rings (SSSR count). The van der Waals surface area contributed by atoms with E-state index in [1.807, 2.05) is 26.8 Å². The molecule has 0 aliphatic heterocycles. The van der Waals surface area contributed by atoms with Gasteiger partial charge >= 0.3 is 12.0 Å². The summed E-state index contributed by atoms with van der Waals surface area (Å²) in [5.74, 6) is -1.51. The first kappa shape index (κ1) is 21.1. The van der Waals surface area contributed by atoms with Gasteiger partial charge in [-0.25, -0.2) is 4.79 Å². The molecule has 0 radical (unpaired) electrons. The van der Waals surface area contributed by atoms with Crippen LogP contribution in [-0.2, 0) is 14.3 Å². The van der Waals surface area contributed by atoms with Crippen molar-refractivity contribution in [3.05, 3.63) is 35.4 Å². The zero-order chi connectivity index (χ0) is 19.5. The smallest absolute Gasteiger partial charge is 0.325 e. The molecule has 0 saturated heterocycles. The predicted molar refractivity (Wildman–Crippen MR) is 95.5 cm³/mol. The second kappa shape index (κ2) is 10.9. The summed E-state index contributed by atoms with van der Waals surface area (Å²) in [6, 6.07) is 6.26. The third kappa shape index (κ3) is 8.81. The summed E-state index contributed by atoms with van der Waals surface area (Å²) in [5, 5.41) is 6.98. The Morgan fingerprint density at radius 2 is 1.85 bits per heavy atom. The Kier molecular flexibility index (Phi) is 8.83. The van der Waals surface area contributed by atoms with Crippen LogP contribution in [0.25, 0.3) is 0 Å². The SMILES string of the molecule is Cc1cccc(C(=O)NCC(=O)OCC(=O)NC(=O)NCCC(C)C)c1. The van der Waals surface area contributed by atoms with E-state index < -0.39 is 30.4 Å². The zero-order valence-corrected chi connectivity index (χ0v) is 15.3. The minimum absolute atomic E-state index is 0.374. The van der Waals surface area contributed by atoms with Gasteiger partial charge in [-0.15, -0.1) is 0 Å². The Labute approximate surface area is 152 Å². The Balaban J connectivity index is 2.24. The predicted octanol–water partition coefficient (Wildman–Crippen LogP) is 1.14. The lowest BCUT2D eigenvalue weighted by molar-refractivity contribution is -0.147. The Morgan fingerprint density at radius 1 is 1.12 bits per heavy atom. The number of amides is 4. The van der Waals surface area contributed by atoms with Crippen molar-refractivity contribution in [2.45, 2.75) is 27.2 Å². The maximum atomic E-state index is 11.9. The number of carbonyl (C=O) groups is 4. The molecule has 1 aromatic carbocycles. The normalized spacial score (nSPS) is 10.2. The highest BCUT2D eigenvalue weighted by Gasteiger charge is 2.12. The number of esters is 1. The van der Waals surface area contributed by atoms with Crippen LogP contribution in [0.5, 0.6) is 0 Å². The second-order valence-corrected chi connectivity index (χ2v) is 6.20. The summed E-state index contributed by atoms with van der Waals surface area (Å²) < 4.78 is 4.71. The molecular formula is C18H25N3O5. The number of rotatable bonds is 8. The molecule has 26 heavy (non-hydrogen) atoms. The van der Waals surface area contributed by atoms with Gasteiger partial charge in [-0.05, 0) is 31.4 Å². The van der Waals surface area contributed by atoms with Crippen LogP contribution in [0.4, 0.5) is 4.79 Å². The number of benzene rings is 1. The van der Waals surface area contributed by atoms with Gasteiger partial charge < -0.3 is 15.4 Å². The van der Waals surface area contributed by atoms with E-state index in [2.05, 4.69) is 16.0 Å². The van der Waals surface area contributed by atoms with Crippen molar-refractivity contribution in [3.63, 3.8) is 0 Å². The number of carbonyl (C=O) groups excluding carboxylic acids is 4. The molecule has 0 aliphatic rings. The Hall–Kier alpha value is -2.90. The van der Waals surface area contributed by atoms with Crippen LogP contribution in [0, 0.1) is 12.8 Å². The molecule has 142 valence electrons. The van der Waals surface area contributed by atoms with Gasteiger partial charge in [-0.2, -0.15) is 0 Å². The monoisotopic (exact) mass is 363 g/mol. The number of nitrogens with one attached hydrogen (secondary N) is 3. The average molecular weight is 363 g/mol. The molecule has 0 unspecified atom stereocenters. The van der Waals surface area contributed by atoms with Gasteiger partial charge in [0.2, 0.25) is 0 Å². The molecular weight excluding hydrogens is 338 g/mol. The molecule has 0 bridgehead atoms. The van der Waals surface area contributed by atoms with Crippen LogP contribution in [-0.4, -0.2) is 43.5 Å². The summed E-state index contributed by atoms with van der Waals surface area (Å²) in [4.78, 5) is 46.4. The lowest BCUT2D eigenvalue weighted by atomic mass is 10.1. The molecule has 0 spiro atoms. The Bertz CT molecular complexity index is 658. The fourth-order valence-corrected chi connectivity index (χ4v) is 1.92. The van der Waals surface area contributed by atoms with E-state index >= 15 is 0 Å². The molecule has 0 fully saturated rings. The van der Waals surface area contributed by atoms with Gasteiger partial charge in [-0.1, -0.05) is 31.5 Å². The lowest BCUT2D eigenvalue weighted by Crippen LogP contribution is -2.42. The van der Waals surface area contributed by atoms with Gasteiger partial charge in [-0.3, -0.25) is 19.7 Å². The van der Waals surface area contributed by atoms with E-state index in [1.165, 1.54) is 0 Å². The third-order valence-corrected chi connectivity index (χ3v) is 3.30. The largest absolute Gasteiger partial charge is 0.454 e. The van der Waals surface area contributed by atoms with Crippen molar-refractivity contribution in [2.24, 2.45) is 5.92 Å². The van der Waals surface area contributed by atoms with Crippen LogP contribution in [0.3, 0.4) is 0 Å². The van der Waals surface area contributed by atoms with Gasteiger partial charge in [0.15, 0.2) is 6.61 Å². The van der Waals surface area contributed by atoms with Crippen molar-refractivity contribution >= 4 is 23.8 Å². The quantitative estimate of drug-likeness (QED) is 0.600. The number of urea groups is 1. The molecule has 8 heteroatoms. The van der Waals surface area contributed by atoms with Crippen molar-refractivity contribution in [3.8, 4) is 0 Å². The summed E-state index contributed by atoms with van der Waals surface area (Å²) >= 11 is 0. The van der Waals surface area contributed by atoms with E-state index in [0.717, 1.165) is 12.0 Å². The molecule has 3 N–H and O–H groups in total. The molecule has 0 heterocycles. The molecule has 0 saturated carbocycles. The number of aryl methyl sites for hydroxylation is 1. The fraction of sp³-hybridized carbons (Fsp3) is 0.444. The molecule has 0 atom stereocenters. The third-order valence-electron chi connectivity index (χ3n) is 3.30. The minimum atomic E-state index is -0.777. The maximum absolute atomic E-state index is 11.9. The van der Waals surface area contributed by atoms with Crippen molar-refractivity contribution in [2.75, 3.05) is 19.7 Å². The average Bonchev–Trinajstić information content (AvgIpc) is 2.57. The number of hydrogen-bond acceptors (Lipinski definition) is 5. The van der Waals surface area contributed by atoms with E-state index in [0.29, 0.717) is 18.0 Å². The first-order chi connectivity index (χ1) is 12.3. The van der Waals surface area contributed by atoms with Crippen LogP contribution in [0.15, 0.2) is 24.3 Å². The fourth-order valence-electron chi connectivity index (χ4n) is 1.92. The molecule has 1 aromatic rings. The van der Waals surface area contributed by atoms with Crippen LogP contribution < -0.4 is 16.0 Å². The van der Waals surface area contributed by atoms with Gasteiger partial charge in [0, 0.05) is 12.1 Å². The Morgan fingerprint density at radius 3 is 2.50 bits per heavy atom. The number of ether oxygens (including phenoxy) is 1. The maximum Gasteiger partial charge on any atom is 0.325 e. The van der Waals surface area contributed by atoms with Crippen LogP contribution >= 0.6 is 0 Å². The van der Waals surface area contributed by atoms with E-state index in [4.69, 9.17) is 4.74 Å². The highest BCUT2D eigenvalue weighted by Crippen LogP contribution is 2.03. The highest BCUT2D eigenvalue weighted by molar-refractivity contribution is 5.97. The first-order valence-corrected chi connectivity index (χ1v) is 8.36. The first-order valence-electron chi connectivity index (χ1n) is 8.36. The summed E-state index contributed by atoms with van der Waals surface area (Å²) in [5.41, 5.74) is 1.34. The second-order valence-electron chi connectivity index (χ2n) is 6.20. The van der Waals surface area contributed by atoms with Crippen LogP contribution in [0.1, 0.15) is 36.2 Å². The summed E-state index contributed by atoms with van der Waals surface area (Å²) in [7, 11) is 0. The molecule has 0 aromatic heterocycles. The summed E-state index contributed by atoms with van der Waals surface area (Å²) in [6.07, 6.45) is 0.789. The van der Waals surface area contributed by atoms with Crippen molar-refractivity contribution in [1.29, 1.82) is 0 Å². The van der Waals surface area contributed by atoms with Crippen LogP contribution in [0.2, 0.25) is 0 Å². The standard InChI is InChI=1S/C18H25N3O5/c1-12(2)7-8-19-18(25)21-15(22)11-26-16(23)10-20-17(24)14-6-4-5-13(3)9-14/h4-6,9,12H,7-8,10-11H2,1-3H3,(H,20,24)(H2,19,21,22,25). The lowest BCUT2D eigenvalue weighted by Gasteiger charge is -2.09. The number of imide groups is 1. The topological polar surface area (TPSA) is 114 Å². The van der Waals surface area contributed by atoms with Crippen molar-refractivity contribution in [1.82, 2.24) is 16.0 Å². The minimum Gasteiger partial charge on any atom is -0.454 e. The van der Waals surface area contributed by atoms with E-state index in [1.54, 1.807) is 18.2 Å². The van der Waals surface area contributed by atoms with Gasteiger partial charge in [0.1, 0.15) is 6.54 Å². The van der Waals surface area contributed by atoms with Gasteiger partial charge in [0.25, 0.3) is 11.8 Å². The molecule has 0 aliphatic carbocycles. The van der Waals surface area contributed by atoms with E-state index in [-0.39, 0.29) is 6.54 Å². The highest BCUT2D eigenvalue weighted by atomic mass is 16.5. The molecule has 8 nitrogen and oxygen atoms in total. The number of hydrogen-bond donors (Lipinski definition) is 3. The van der Waals surface area contributed by atoms with Gasteiger partial charge in [0.05, 0.1) is 0 Å². The molecule has 4 amide bonds. The zero-order valence-electron chi connectivity index (χ0n) is 15.3. The van der Waals surface area contributed by atoms with Crippen molar-refractivity contribution < 1.29 is 23.9 Å². The van der Waals surface area contributed by atoms with E-state index in [9.17, 15) is 19.2 Å². The summed E-state index contributed by atoms with van der Waals surface area (Å²) in [6.45, 7) is 5.35.